The Morgan fingerprint density at radius 3 is 2.62 bits per heavy atom. The molecule has 0 spiro atoms. The van der Waals surface area contributed by atoms with E-state index in [9.17, 15) is 4.79 Å². The van der Waals surface area contributed by atoms with Crippen LogP contribution in [0.25, 0.3) is 0 Å². The van der Waals surface area contributed by atoms with Gasteiger partial charge in [-0.15, -0.1) is 0 Å². The predicted octanol–water partition coefficient (Wildman–Crippen LogP) is 4.19. The molecular formula is C17H18BrNO2. The molecule has 0 unspecified atom stereocenters. The Hall–Kier alpha value is -1.81. The molecule has 0 aliphatic rings. The van der Waals surface area contributed by atoms with Crippen LogP contribution in [0.1, 0.15) is 12.5 Å². The Balaban J connectivity index is 2.04. The van der Waals surface area contributed by atoms with Gasteiger partial charge in [-0.25, -0.2) is 0 Å². The molecule has 2 aromatic carbocycles. The zero-order valence-corrected chi connectivity index (χ0v) is 13.8. The van der Waals surface area contributed by atoms with Gasteiger partial charge < -0.3 is 9.64 Å². The lowest BCUT2D eigenvalue weighted by Crippen LogP contribution is -2.34. The summed E-state index contributed by atoms with van der Waals surface area (Å²) in [5.41, 5.74) is 2.03. The Labute approximate surface area is 133 Å². The molecule has 21 heavy (non-hydrogen) atoms. The molecule has 2 rings (SSSR count). The number of nitrogens with zero attached hydrogens (tertiary/aromatic N) is 1. The standard InChI is InChI=1S/C17H18BrNO2/c1-3-19(15-8-4-6-13(2)10-15)17(20)12-21-16-9-5-7-14(18)11-16/h4-11H,3,12H2,1-2H3. The normalized spacial score (nSPS) is 10.2. The summed E-state index contributed by atoms with van der Waals surface area (Å²) in [6.07, 6.45) is 0. The monoisotopic (exact) mass is 347 g/mol. The molecule has 4 heteroatoms. The average Bonchev–Trinajstić information content (AvgIpc) is 2.46. The highest BCUT2D eigenvalue weighted by atomic mass is 79.9. The number of likely N-dealkylation sites (N-methyl/N-ethyl adjacent to an activating group) is 1. The van der Waals surface area contributed by atoms with Gasteiger partial charge >= 0.3 is 0 Å². The molecule has 0 atom stereocenters. The van der Waals surface area contributed by atoms with Crippen LogP contribution in [-0.4, -0.2) is 19.1 Å². The van der Waals surface area contributed by atoms with Crippen molar-refractivity contribution in [3.05, 3.63) is 58.6 Å². The number of hydrogen-bond acceptors (Lipinski definition) is 2. The lowest BCUT2D eigenvalue weighted by atomic mass is 10.2. The van der Waals surface area contributed by atoms with Crippen molar-refractivity contribution in [1.82, 2.24) is 0 Å². The average molecular weight is 348 g/mol. The SMILES string of the molecule is CCN(C(=O)COc1cccc(Br)c1)c1cccc(C)c1. The van der Waals surface area contributed by atoms with Crippen LogP contribution in [-0.2, 0) is 4.79 Å². The summed E-state index contributed by atoms with van der Waals surface area (Å²) in [7, 11) is 0. The van der Waals surface area contributed by atoms with E-state index in [0.29, 0.717) is 12.3 Å². The summed E-state index contributed by atoms with van der Waals surface area (Å²) in [4.78, 5) is 14.1. The van der Waals surface area contributed by atoms with Crippen molar-refractivity contribution in [3.63, 3.8) is 0 Å². The Morgan fingerprint density at radius 2 is 1.95 bits per heavy atom. The first-order valence-electron chi connectivity index (χ1n) is 6.85. The fourth-order valence-electron chi connectivity index (χ4n) is 2.08. The van der Waals surface area contributed by atoms with E-state index in [1.165, 1.54) is 0 Å². The van der Waals surface area contributed by atoms with Crippen LogP contribution in [0.3, 0.4) is 0 Å². The first-order chi connectivity index (χ1) is 10.1. The van der Waals surface area contributed by atoms with Crippen molar-refractivity contribution in [2.45, 2.75) is 13.8 Å². The number of halogens is 1. The van der Waals surface area contributed by atoms with E-state index in [0.717, 1.165) is 15.7 Å². The van der Waals surface area contributed by atoms with E-state index in [-0.39, 0.29) is 12.5 Å². The minimum atomic E-state index is -0.0527. The summed E-state index contributed by atoms with van der Waals surface area (Å²) < 4.78 is 6.49. The van der Waals surface area contributed by atoms with Crippen LogP contribution < -0.4 is 9.64 Å². The van der Waals surface area contributed by atoms with Gasteiger partial charge in [-0.3, -0.25) is 4.79 Å². The highest BCUT2D eigenvalue weighted by molar-refractivity contribution is 9.10. The third-order valence-corrected chi connectivity index (χ3v) is 3.58. The molecule has 110 valence electrons. The maximum absolute atomic E-state index is 12.3. The summed E-state index contributed by atoms with van der Waals surface area (Å²) >= 11 is 3.38. The highest BCUT2D eigenvalue weighted by Gasteiger charge is 2.14. The molecule has 2 aromatic rings. The molecule has 0 N–H and O–H groups in total. The third-order valence-electron chi connectivity index (χ3n) is 3.09. The molecule has 0 fully saturated rings. The maximum atomic E-state index is 12.3. The van der Waals surface area contributed by atoms with Crippen LogP contribution in [0, 0.1) is 6.92 Å². The number of ether oxygens (including phenoxy) is 1. The van der Waals surface area contributed by atoms with Gasteiger partial charge in [-0.05, 0) is 49.7 Å². The van der Waals surface area contributed by atoms with Crippen molar-refractivity contribution < 1.29 is 9.53 Å². The summed E-state index contributed by atoms with van der Waals surface area (Å²) in [6.45, 7) is 4.61. The zero-order valence-electron chi connectivity index (χ0n) is 12.2. The molecule has 0 aliphatic carbocycles. The van der Waals surface area contributed by atoms with Gasteiger partial charge in [0.05, 0.1) is 0 Å². The van der Waals surface area contributed by atoms with Gasteiger partial charge in [0.1, 0.15) is 5.75 Å². The van der Waals surface area contributed by atoms with E-state index in [4.69, 9.17) is 4.74 Å². The fraction of sp³-hybridized carbons (Fsp3) is 0.235. The van der Waals surface area contributed by atoms with Gasteiger partial charge in [0.25, 0.3) is 5.91 Å². The molecule has 1 amide bonds. The number of rotatable bonds is 5. The first-order valence-corrected chi connectivity index (χ1v) is 7.65. The van der Waals surface area contributed by atoms with Crippen LogP contribution in [0.2, 0.25) is 0 Å². The van der Waals surface area contributed by atoms with Crippen molar-refractivity contribution in [3.8, 4) is 5.75 Å². The first kappa shape index (κ1) is 15.6. The van der Waals surface area contributed by atoms with E-state index in [2.05, 4.69) is 15.9 Å². The van der Waals surface area contributed by atoms with Crippen molar-refractivity contribution in [2.24, 2.45) is 0 Å². The lowest BCUT2D eigenvalue weighted by molar-refractivity contribution is -0.120. The van der Waals surface area contributed by atoms with Crippen LogP contribution >= 0.6 is 15.9 Å². The van der Waals surface area contributed by atoms with Gasteiger partial charge in [0.2, 0.25) is 0 Å². The lowest BCUT2D eigenvalue weighted by Gasteiger charge is -2.21. The fourth-order valence-corrected chi connectivity index (χ4v) is 2.46. The smallest absolute Gasteiger partial charge is 0.264 e. The second-order valence-electron chi connectivity index (χ2n) is 4.72. The molecule has 3 nitrogen and oxygen atoms in total. The van der Waals surface area contributed by atoms with Crippen molar-refractivity contribution >= 4 is 27.5 Å². The minimum absolute atomic E-state index is 0.0260. The number of anilines is 1. The molecule has 0 saturated carbocycles. The highest BCUT2D eigenvalue weighted by Crippen LogP contribution is 2.19. The predicted molar refractivity (Wildman–Crippen MR) is 88.8 cm³/mol. The molecule has 0 aliphatic heterocycles. The van der Waals surface area contributed by atoms with E-state index < -0.39 is 0 Å². The van der Waals surface area contributed by atoms with Crippen LogP contribution in [0.5, 0.6) is 5.75 Å². The maximum Gasteiger partial charge on any atom is 0.264 e. The zero-order chi connectivity index (χ0) is 15.2. The van der Waals surface area contributed by atoms with Gasteiger partial charge in [0.15, 0.2) is 6.61 Å². The number of hydrogen-bond donors (Lipinski definition) is 0. The van der Waals surface area contributed by atoms with Gasteiger partial charge in [0, 0.05) is 16.7 Å². The summed E-state index contributed by atoms with van der Waals surface area (Å²) in [5, 5.41) is 0. The van der Waals surface area contributed by atoms with E-state index in [1.54, 1.807) is 4.90 Å². The molecule has 0 bridgehead atoms. The van der Waals surface area contributed by atoms with Crippen molar-refractivity contribution in [1.29, 1.82) is 0 Å². The largest absolute Gasteiger partial charge is 0.484 e. The van der Waals surface area contributed by atoms with E-state index >= 15 is 0 Å². The number of benzene rings is 2. The van der Waals surface area contributed by atoms with Gasteiger partial charge in [-0.1, -0.05) is 34.1 Å². The summed E-state index contributed by atoms with van der Waals surface area (Å²) in [6, 6.07) is 15.4. The van der Waals surface area contributed by atoms with Crippen molar-refractivity contribution in [2.75, 3.05) is 18.1 Å². The Bertz CT molecular complexity index is 628. The third kappa shape index (κ3) is 4.33. The number of carbonyl (C=O) groups excluding carboxylic acids is 1. The summed E-state index contributed by atoms with van der Waals surface area (Å²) in [5.74, 6) is 0.626. The minimum Gasteiger partial charge on any atom is -0.484 e. The molecular weight excluding hydrogens is 330 g/mol. The molecule has 0 radical (unpaired) electrons. The number of amides is 1. The second-order valence-corrected chi connectivity index (χ2v) is 5.64. The molecule has 0 heterocycles. The molecule has 0 saturated heterocycles. The topological polar surface area (TPSA) is 29.5 Å². The van der Waals surface area contributed by atoms with Gasteiger partial charge in [-0.2, -0.15) is 0 Å². The quantitative estimate of drug-likeness (QED) is 0.811. The molecule has 0 aromatic heterocycles. The number of carbonyl (C=O) groups is 1. The second kappa shape index (κ2) is 7.27. The van der Waals surface area contributed by atoms with Crippen LogP contribution in [0.15, 0.2) is 53.0 Å². The Morgan fingerprint density at radius 1 is 1.19 bits per heavy atom. The number of aryl methyl sites for hydroxylation is 1. The van der Waals surface area contributed by atoms with Crippen LogP contribution in [0.4, 0.5) is 5.69 Å². The Kier molecular flexibility index (Phi) is 5.39. The van der Waals surface area contributed by atoms with E-state index in [1.807, 2.05) is 62.4 Å².